The van der Waals surface area contributed by atoms with Crippen molar-refractivity contribution in [2.45, 2.75) is 33.3 Å². The van der Waals surface area contributed by atoms with Crippen LogP contribution >= 0.6 is 0 Å². The number of aliphatic hydroxyl groups is 1. The molecule has 1 amide bonds. The average Bonchev–Trinajstić information content (AvgIpc) is 2.29. The number of aryl methyl sites for hydroxylation is 2. The summed E-state index contributed by atoms with van der Waals surface area (Å²) in [5.74, 6) is -0.129. The molecule has 0 saturated heterocycles. The molecule has 1 aromatic carbocycles. The fourth-order valence-corrected chi connectivity index (χ4v) is 1.34. The summed E-state index contributed by atoms with van der Waals surface area (Å²) in [6.45, 7) is 6.18. The van der Waals surface area contributed by atoms with Gasteiger partial charge in [-0.3, -0.25) is 4.79 Å². The molecule has 0 fully saturated rings. The Hall–Kier alpha value is -1.35. The van der Waals surface area contributed by atoms with Crippen LogP contribution in [0.1, 0.15) is 34.8 Å². The zero-order valence-electron chi connectivity index (χ0n) is 10.1. The molecule has 0 spiro atoms. The van der Waals surface area contributed by atoms with Crippen molar-refractivity contribution in [1.82, 2.24) is 5.32 Å². The fraction of sp³-hybridized carbons (Fsp3) is 0.462. The van der Waals surface area contributed by atoms with Gasteiger partial charge < -0.3 is 10.4 Å². The topological polar surface area (TPSA) is 49.3 Å². The molecule has 1 unspecified atom stereocenters. The van der Waals surface area contributed by atoms with E-state index in [0.717, 1.165) is 5.56 Å². The van der Waals surface area contributed by atoms with Crippen molar-refractivity contribution in [3.63, 3.8) is 0 Å². The Bertz CT molecular complexity index is 374. The van der Waals surface area contributed by atoms with E-state index in [9.17, 15) is 9.90 Å². The summed E-state index contributed by atoms with van der Waals surface area (Å²) in [5.41, 5.74) is 2.92. The molecule has 1 rings (SSSR count). The molecule has 1 aromatic rings. The summed E-state index contributed by atoms with van der Waals surface area (Å²) in [5, 5.41) is 12.0. The molecule has 16 heavy (non-hydrogen) atoms. The van der Waals surface area contributed by atoms with Gasteiger partial charge in [0.1, 0.15) is 0 Å². The highest BCUT2D eigenvalue weighted by atomic mass is 16.3. The molecule has 0 aromatic heterocycles. The van der Waals surface area contributed by atoms with Gasteiger partial charge in [-0.05, 0) is 43.5 Å². The third-order valence-corrected chi connectivity index (χ3v) is 2.74. The van der Waals surface area contributed by atoms with Crippen LogP contribution in [-0.2, 0) is 0 Å². The first-order valence-corrected chi connectivity index (χ1v) is 5.58. The van der Waals surface area contributed by atoms with Gasteiger partial charge >= 0.3 is 0 Å². The number of carbonyl (C=O) groups excluding carboxylic acids is 1. The van der Waals surface area contributed by atoms with E-state index in [2.05, 4.69) is 5.32 Å². The molecule has 2 N–H and O–H groups in total. The number of aliphatic hydroxyl groups excluding tert-OH is 1. The number of hydrogen-bond donors (Lipinski definition) is 2. The minimum Gasteiger partial charge on any atom is -0.391 e. The average molecular weight is 221 g/mol. The molecule has 3 heteroatoms. The molecule has 0 radical (unpaired) electrons. The van der Waals surface area contributed by atoms with Crippen molar-refractivity contribution in [1.29, 1.82) is 0 Å². The standard InChI is InChI=1S/C13H19NO2/c1-4-12(15)8-14-13(16)11-6-5-9(2)10(3)7-11/h5-7,12,15H,4,8H2,1-3H3,(H,14,16). The van der Waals surface area contributed by atoms with Crippen LogP contribution in [0.5, 0.6) is 0 Å². The first-order chi connectivity index (χ1) is 7.54. The number of carbonyl (C=O) groups is 1. The molecule has 0 heterocycles. The Morgan fingerprint density at radius 2 is 2.06 bits per heavy atom. The van der Waals surface area contributed by atoms with Crippen LogP contribution in [0.2, 0.25) is 0 Å². The first kappa shape index (κ1) is 12.7. The van der Waals surface area contributed by atoms with E-state index in [1.54, 1.807) is 6.07 Å². The van der Waals surface area contributed by atoms with Gasteiger partial charge in [-0.25, -0.2) is 0 Å². The third-order valence-electron chi connectivity index (χ3n) is 2.74. The van der Waals surface area contributed by atoms with Crippen LogP contribution in [0.25, 0.3) is 0 Å². The van der Waals surface area contributed by atoms with Crippen LogP contribution in [0.3, 0.4) is 0 Å². The maximum Gasteiger partial charge on any atom is 0.251 e. The molecule has 1 atom stereocenters. The van der Waals surface area contributed by atoms with Crippen molar-refractivity contribution in [2.24, 2.45) is 0 Å². The van der Waals surface area contributed by atoms with E-state index >= 15 is 0 Å². The lowest BCUT2D eigenvalue weighted by Crippen LogP contribution is -2.31. The number of hydrogen-bond acceptors (Lipinski definition) is 2. The summed E-state index contributed by atoms with van der Waals surface area (Å²) < 4.78 is 0. The monoisotopic (exact) mass is 221 g/mol. The Morgan fingerprint density at radius 1 is 1.38 bits per heavy atom. The normalized spacial score (nSPS) is 12.2. The van der Waals surface area contributed by atoms with Crippen LogP contribution in [0, 0.1) is 13.8 Å². The summed E-state index contributed by atoms with van der Waals surface area (Å²) >= 11 is 0. The molecular formula is C13H19NO2. The fourth-order valence-electron chi connectivity index (χ4n) is 1.34. The second-order valence-corrected chi connectivity index (χ2v) is 4.07. The Kier molecular flexibility index (Phi) is 4.50. The SMILES string of the molecule is CCC(O)CNC(=O)c1ccc(C)c(C)c1. The van der Waals surface area contributed by atoms with E-state index in [-0.39, 0.29) is 5.91 Å². The zero-order valence-corrected chi connectivity index (χ0v) is 10.1. The highest BCUT2D eigenvalue weighted by Gasteiger charge is 2.08. The summed E-state index contributed by atoms with van der Waals surface area (Å²) in [6.07, 6.45) is 0.184. The van der Waals surface area contributed by atoms with Gasteiger partial charge in [0.05, 0.1) is 6.10 Å². The molecule has 0 saturated carbocycles. The Balaban J connectivity index is 2.63. The lowest BCUT2D eigenvalue weighted by atomic mass is 10.1. The second-order valence-electron chi connectivity index (χ2n) is 4.07. The van der Waals surface area contributed by atoms with Crippen LogP contribution in [-0.4, -0.2) is 23.7 Å². The Morgan fingerprint density at radius 3 is 2.62 bits per heavy atom. The minimum absolute atomic E-state index is 0.129. The van der Waals surface area contributed by atoms with Gasteiger partial charge in [0, 0.05) is 12.1 Å². The Labute approximate surface area is 96.5 Å². The smallest absolute Gasteiger partial charge is 0.251 e. The van der Waals surface area contributed by atoms with Crippen molar-refractivity contribution < 1.29 is 9.90 Å². The van der Waals surface area contributed by atoms with Crippen molar-refractivity contribution in [2.75, 3.05) is 6.54 Å². The maximum absolute atomic E-state index is 11.7. The summed E-state index contributed by atoms with van der Waals surface area (Å²) in [7, 11) is 0. The largest absolute Gasteiger partial charge is 0.391 e. The number of nitrogens with one attached hydrogen (secondary N) is 1. The van der Waals surface area contributed by atoms with Gasteiger partial charge in [-0.15, -0.1) is 0 Å². The second kappa shape index (κ2) is 5.66. The minimum atomic E-state index is -0.463. The van der Waals surface area contributed by atoms with Crippen molar-refractivity contribution in [3.8, 4) is 0 Å². The van der Waals surface area contributed by atoms with E-state index in [1.165, 1.54) is 5.56 Å². The number of benzene rings is 1. The van der Waals surface area contributed by atoms with E-state index < -0.39 is 6.10 Å². The molecular weight excluding hydrogens is 202 g/mol. The highest BCUT2D eigenvalue weighted by molar-refractivity contribution is 5.94. The maximum atomic E-state index is 11.7. The quantitative estimate of drug-likeness (QED) is 0.814. The van der Waals surface area contributed by atoms with Crippen molar-refractivity contribution >= 4 is 5.91 Å². The van der Waals surface area contributed by atoms with Gasteiger partial charge in [0.15, 0.2) is 0 Å². The highest BCUT2D eigenvalue weighted by Crippen LogP contribution is 2.09. The zero-order chi connectivity index (χ0) is 12.1. The molecule has 0 aliphatic heterocycles. The summed E-state index contributed by atoms with van der Waals surface area (Å²) in [4.78, 5) is 11.7. The van der Waals surface area contributed by atoms with Gasteiger partial charge in [0.2, 0.25) is 0 Å². The lowest BCUT2D eigenvalue weighted by molar-refractivity contribution is 0.0914. The lowest BCUT2D eigenvalue weighted by Gasteiger charge is -2.10. The van der Waals surface area contributed by atoms with Gasteiger partial charge in [-0.2, -0.15) is 0 Å². The third kappa shape index (κ3) is 3.35. The van der Waals surface area contributed by atoms with Crippen molar-refractivity contribution in [3.05, 3.63) is 34.9 Å². The first-order valence-electron chi connectivity index (χ1n) is 5.58. The predicted octanol–water partition coefficient (Wildman–Crippen LogP) is 1.80. The van der Waals surface area contributed by atoms with Gasteiger partial charge in [0.25, 0.3) is 5.91 Å². The van der Waals surface area contributed by atoms with E-state index in [4.69, 9.17) is 0 Å². The van der Waals surface area contributed by atoms with E-state index in [0.29, 0.717) is 18.5 Å². The van der Waals surface area contributed by atoms with Crippen LogP contribution in [0.15, 0.2) is 18.2 Å². The molecule has 0 aliphatic rings. The van der Waals surface area contributed by atoms with E-state index in [1.807, 2.05) is 32.9 Å². The van der Waals surface area contributed by atoms with Crippen LogP contribution in [0.4, 0.5) is 0 Å². The van der Waals surface area contributed by atoms with Gasteiger partial charge in [-0.1, -0.05) is 13.0 Å². The molecule has 3 nitrogen and oxygen atoms in total. The summed E-state index contributed by atoms with van der Waals surface area (Å²) in [6, 6.07) is 5.60. The predicted molar refractivity (Wildman–Crippen MR) is 64.5 cm³/mol. The molecule has 0 bridgehead atoms. The van der Waals surface area contributed by atoms with Crippen LogP contribution < -0.4 is 5.32 Å². The number of rotatable bonds is 4. The number of amides is 1. The molecule has 88 valence electrons. The molecule has 0 aliphatic carbocycles.